The molecule has 2 rings (SSSR count). The second kappa shape index (κ2) is 8.63. The number of nitrogens with one attached hydrogen (secondary N) is 2. The molecule has 0 aliphatic carbocycles. The third-order valence-corrected chi connectivity index (χ3v) is 4.39. The van der Waals surface area contributed by atoms with Gasteiger partial charge >= 0.3 is 5.97 Å². The summed E-state index contributed by atoms with van der Waals surface area (Å²) in [4.78, 5) is 25.2. The van der Waals surface area contributed by atoms with Crippen LogP contribution in [0.5, 0.6) is 0 Å². The third kappa shape index (κ3) is 5.17. The maximum Gasteiger partial charge on any atom is 0.337 e. The first-order valence-corrected chi connectivity index (χ1v) is 8.66. The summed E-state index contributed by atoms with van der Waals surface area (Å²) in [6.07, 6.45) is 0. The molecule has 2 N–H and O–H groups in total. The van der Waals surface area contributed by atoms with E-state index in [9.17, 15) is 9.59 Å². The number of likely N-dealkylation sites (N-methyl/N-ethyl adjacent to an activating group) is 1. The van der Waals surface area contributed by atoms with Crippen molar-refractivity contribution in [1.29, 1.82) is 0 Å². The minimum atomic E-state index is -0.418. The van der Waals surface area contributed by atoms with Crippen LogP contribution in [0, 0.1) is 20.8 Å². The van der Waals surface area contributed by atoms with Crippen molar-refractivity contribution in [1.82, 2.24) is 0 Å². The zero-order valence-electron chi connectivity index (χ0n) is 16.1. The molecule has 0 radical (unpaired) electrons. The predicted octanol–water partition coefficient (Wildman–Crippen LogP) is 2.05. The fourth-order valence-electron chi connectivity index (χ4n) is 2.90. The van der Waals surface area contributed by atoms with Gasteiger partial charge in [0.2, 0.25) is 0 Å². The van der Waals surface area contributed by atoms with Crippen molar-refractivity contribution < 1.29 is 19.2 Å². The summed E-state index contributed by atoms with van der Waals surface area (Å²) in [6.45, 7) is 7.18. The number of ether oxygens (including phenoxy) is 1. The van der Waals surface area contributed by atoms with E-state index in [1.807, 2.05) is 14.0 Å². The number of carbonyl (C=O) groups is 2. The number of hydrogen-bond acceptors (Lipinski definition) is 3. The summed E-state index contributed by atoms with van der Waals surface area (Å²) in [5, 5.41) is 2.90. The zero-order valence-corrected chi connectivity index (χ0v) is 16.1. The molecule has 0 bridgehead atoms. The number of aryl methyl sites for hydroxylation is 3. The molecule has 2 aromatic rings. The lowest BCUT2D eigenvalue weighted by Crippen LogP contribution is -3.08. The molecule has 26 heavy (non-hydrogen) atoms. The number of amides is 1. The molecule has 0 aliphatic heterocycles. The molecule has 0 aromatic heterocycles. The zero-order chi connectivity index (χ0) is 19.3. The molecule has 0 heterocycles. The Balaban J connectivity index is 2.00. The summed E-state index contributed by atoms with van der Waals surface area (Å²) in [5.41, 5.74) is 5.68. The highest BCUT2D eigenvalue weighted by Crippen LogP contribution is 2.17. The van der Waals surface area contributed by atoms with E-state index < -0.39 is 5.97 Å². The van der Waals surface area contributed by atoms with Crippen LogP contribution in [0.25, 0.3) is 0 Å². The van der Waals surface area contributed by atoms with Gasteiger partial charge in [0.05, 0.1) is 19.7 Å². The molecule has 5 heteroatoms. The maximum absolute atomic E-state index is 12.4. The average Bonchev–Trinajstić information content (AvgIpc) is 2.58. The second-order valence-electron chi connectivity index (χ2n) is 6.81. The van der Waals surface area contributed by atoms with Gasteiger partial charge in [0.1, 0.15) is 6.54 Å². The minimum Gasteiger partial charge on any atom is -0.465 e. The van der Waals surface area contributed by atoms with Crippen molar-refractivity contribution in [3.63, 3.8) is 0 Å². The highest BCUT2D eigenvalue weighted by atomic mass is 16.5. The Hall–Kier alpha value is -2.66. The van der Waals surface area contributed by atoms with Gasteiger partial charge < -0.3 is 15.0 Å². The molecule has 0 saturated heterocycles. The lowest BCUT2D eigenvalue weighted by molar-refractivity contribution is -0.885. The SMILES string of the molecule is COC(=O)c1ccc(C)c(NC(=O)C[NH+](C)Cc2ccc(C)cc2C)c1. The molecule has 1 atom stereocenters. The van der Waals surface area contributed by atoms with Crippen molar-refractivity contribution in [3.8, 4) is 0 Å². The minimum absolute atomic E-state index is 0.0858. The second-order valence-corrected chi connectivity index (χ2v) is 6.81. The van der Waals surface area contributed by atoms with Crippen molar-refractivity contribution in [2.24, 2.45) is 0 Å². The van der Waals surface area contributed by atoms with Crippen LogP contribution >= 0.6 is 0 Å². The molecule has 1 amide bonds. The Morgan fingerprint density at radius 3 is 2.42 bits per heavy atom. The molecular weight excluding hydrogens is 328 g/mol. The van der Waals surface area contributed by atoms with Crippen LogP contribution in [-0.4, -0.2) is 32.6 Å². The molecular formula is C21H27N2O3+. The largest absolute Gasteiger partial charge is 0.465 e. The summed E-state index contributed by atoms with van der Waals surface area (Å²) in [5.74, 6) is -0.504. The molecule has 0 saturated carbocycles. The fraction of sp³-hybridized carbons (Fsp3) is 0.333. The lowest BCUT2D eigenvalue weighted by atomic mass is 10.1. The van der Waals surface area contributed by atoms with Gasteiger partial charge in [0.15, 0.2) is 6.54 Å². The molecule has 5 nitrogen and oxygen atoms in total. The van der Waals surface area contributed by atoms with Crippen molar-refractivity contribution in [2.45, 2.75) is 27.3 Å². The van der Waals surface area contributed by atoms with Gasteiger partial charge in [-0.15, -0.1) is 0 Å². The quantitative estimate of drug-likeness (QED) is 0.780. The van der Waals surface area contributed by atoms with Gasteiger partial charge in [-0.2, -0.15) is 0 Å². The molecule has 138 valence electrons. The normalized spacial score (nSPS) is 11.7. The lowest BCUT2D eigenvalue weighted by Gasteiger charge is -2.16. The van der Waals surface area contributed by atoms with Gasteiger partial charge in [0.25, 0.3) is 5.91 Å². The Bertz CT molecular complexity index is 815. The van der Waals surface area contributed by atoms with E-state index in [1.54, 1.807) is 18.2 Å². The smallest absolute Gasteiger partial charge is 0.337 e. The highest BCUT2D eigenvalue weighted by Gasteiger charge is 2.14. The van der Waals surface area contributed by atoms with Crippen LogP contribution in [-0.2, 0) is 16.1 Å². The van der Waals surface area contributed by atoms with E-state index >= 15 is 0 Å². The fourth-order valence-corrected chi connectivity index (χ4v) is 2.90. The maximum atomic E-state index is 12.4. The van der Waals surface area contributed by atoms with E-state index in [0.717, 1.165) is 17.0 Å². The monoisotopic (exact) mass is 355 g/mol. The van der Waals surface area contributed by atoms with Gasteiger partial charge in [-0.1, -0.05) is 29.8 Å². The van der Waals surface area contributed by atoms with Crippen LogP contribution in [0.4, 0.5) is 5.69 Å². The summed E-state index contributed by atoms with van der Waals surface area (Å²) in [7, 11) is 3.34. The van der Waals surface area contributed by atoms with Gasteiger partial charge in [-0.25, -0.2) is 4.79 Å². The third-order valence-electron chi connectivity index (χ3n) is 4.39. The summed E-state index contributed by atoms with van der Waals surface area (Å²) in [6, 6.07) is 11.5. The van der Waals surface area contributed by atoms with Crippen molar-refractivity contribution >= 4 is 17.6 Å². The summed E-state index contributed by atoms with van der Waals surface area (Å²) < 4.78 is 4.73. The molecule has 0 fully saturated rings. The number of esters is 1. The number of quaternary nitrogens is 1. The highest BCUT2D eigenvalue weighted by molar-refractivity contribution is 5.95. The van der Waals surface area contributed by atoms with Gasteiger partial charge in [-0.05, 0) is 44.0 Å². The number of carbonyl (C=O) groups excluding carboxylic acids is 2. The van der Waals surface area contributed by atoms with E-state index in [0.29, 0.717) is 17.8 Å². The Kier molecular flexibility index (Phi) is 6.52. The molecule has 0 spiro atoms. The topological polar surface area (TPSA) is 59.8 Å². The molecule has 1 unspecified atom stereocenters. The van der Waals surface area contributed by atoms with E-state index in [4.69, 9.17) is 4.74 Å². The Labute approximate surface area is 155 Å². The van der Waals surface area contributed by atoms with Gasteiger partial charge in [-0.3, -0.25) is 4.79 Å². The van der Waals surface area contributed by atoms with Crippen molar-refractivity contribution in [2.75, 3.05) is 26.0 Å². The number of methoxy groups -OCH3 is 1. The number of hydrogen-bond donors (Lipinski definition) is 2. The number of benzene rings is 2. The van der Waals surface area contributed by atoms with Crippen LogP contribution in [0.3, 0.4) is 0 Å². The number of anilines is 1. The van der Waals surface area contributed by atoms with E-state index in [1.165, 1.54) is 23.8 Å². The first kappa shape index (κ1) is 19.7. The first-order valence-electron chi connectivity index (χ1n) is 8.66. The molecule has 0 aliphatic rings. The van der Waals surface area contributed by atoms with Crippen LogP contribution in [0.2, 0.25) is 0 Å². The molecule has 2 aromatic carbocycles. The number of rotatable bonds is 6. The van der Waals surface area contributed by atoms with Crippen molar-refractivity contribution in [3.05, 3.63) is 64.2 Å². The van der Waals surface area contributed by atoms with E-state index in [-0.39, 0.29) is 5.91 Å². The summed E-state index contributed by atoms with van der Waals surface area (Å²) >= 11 is 0. The first-order chi connectivity index (χ1) is 12.3. The van der Waals surface area contributed by atoms with E-state index in [2.05, 4.69) is 37.4 Å². The van der Waals surface area contributed by atoms with Crippen LogP contribution in [0.15, 0.2) is 36.4 Å². The predicted molar refractivity (Wildman–Crippen MR) is 103 cm³/mol. The Morgan fingerprint density at radius 2 is 1.77 bits per heavy atom. The van der Waals surface area contributed by atoms with Gasteiger partial charge in [0, 0.05) is 11.3 Å². The van der Waals surface area contributed by atoms with Crippen LogP contribution < -0.4 is 10.2 Å². The Morgan fingerprint density at radius 1 is 1.04 bits per heavy atom. The average molecular weight is 355 g/mol. The standard InChI is InChI=1S/C21H26N2O3/c1-14-6-8-18(16(3)10-14)12-23(4)13-20(24)22-19-11-17(21(25)26-5)9-7-15(19)2/h6-11H,12-13H2,1-5H3,(H,22,24)/p+1. The van der Waals surface area contributed by atoms with Crippen LogP contribution in [0.1, 0.15) is 32.6 Å².